The lowest BCUT2D eigenvalue weighted by Gasteiger charge is -2.18. The van der Waals surface area contributed by atoms with E-state index in [1.54, 1.807) is 47.0 Å². The fourth-order valence-corrected chi connectivity index (χ4v) is 4.80. The maximum absolute atomic E-state index is 3.56. The number of rotatable bonds is 8. The summed E-state index contributed by atoms with van der Waals surface area (Å²) < 4.78 is 0. The van der Waals surface area contributed by atoms with Gasteiger partial charge >= 0.3 is 0 Å². The van der Waals surface area contributed by atoms with Crippen LogP contribution in [0.25, 0.3) is 0 Å². The van der Waals surface area contributed by atoms with Crippen LogP contribution in [0.5, 0.6) is 0 Å². The smallest absolute Gasteiger partial charge is 0.0850 e. The first-order valence-electron chi connectivity index (χ1n) is 7.14. The highest BCUT2D eigenvalue weighted by Crippen LogP contribution is 2.36. The highest BCUT2D eigenvalue weighted by molar-refractivity contribution is 8.00. The average Bonchev–Trinajstić information content (AvgIpc) is 2.61. The molecular formula is C17H22N2S4. The minimum atomic E-state index is 0.705. The largest absolute Gasteiger partial charge is 0.366 e. The van der Waals surface area contributed by atoms with Gasteiger partial charge in [0.25, 0.3) is 0 Å². The monoisotopic (exact) mass is 382 g/mol. The second-order valence-corrected chi connectivity index (χ2v) is 8.00. The molecule has 0 radical (unpaired) electrons. The third-order valence-electron chi connectivity index (χ3n) is 3.39. The van der Waals surface area contributed by atoms with Gasteiger partial charge in [0.2, 0.25) is 0 Å². The molecule has 23 heavy (non-hydrogen) atoms. The molecule has 0 bridgehead atoms. The molecule has 0 saturated heterocycles. The summed E-state index contributed by atoms with van der Waals surface area (Å²) in [6, 6.07) is 12.9. The van der Waals surface area contributed by atoms with Gasteiger partial charge < -0.3 is 10.6 Å². The van der Waals surface area contributed by atoms with Crippen LogP contribution in [0, 0.1) is 0 Å². The van der Waals surface area contributed by atoms with Crippen molar-refractivity contribution in [1.29, 1.82) is 0 Å². The van der Waals surface area contributed by atoms with Crippen molar-refractivity contribution < 1.29 is 0 Å². The summed E-state index contributed by atoms with van der Waals surface area (Å²) in [5.41, 5.74) is 2.43. The Hall–Kier alpha value is -0.560. The summed E-state index contributed by atoms with van der Waals surface area (Å²) in [5.74, 6) is 0. The Labute approximate surface area is 156 Å². The van der Waals surface area contributed by atoms with E-state index >= 15 is 0 Å². The summed E-state index contributed by atoms with van der Waals surface area (Å²) in [4.78, 5) is 5.12. The molecule has 0 spiro atoms. The third-order valence-corrected chi connectivity index (χ3v) is 6.51. The minimum Gasteiger partial charge on any atom is -0.366 e. The molecule has 0 unspecified atom stereocenters. The Balaban J connectivity index is 2.15. The van der Waals surface area contributed by atoms with Crippen LogP contribution in [-0.4, -0.2) is 31.7 Å². The first-order chi connectivity index (χ1) is 11.2. The highest BCUT2D eigenvalue weighted by Gasteiger charge is 2.09. The summed E-state index contributed by atoms with van der Waals surface area (Å²) >= 11 is 7.10. The Morgan fingerprint density at radius 3 is 1.17 bits per heavy atom. The van der Waals surface area contributed by atoms with Gasteiger partial charge in [0.05, 0.1) is 18.0 Å². The zero-order valence-corrected chi connectivity index (χ0v) is 17.1. The lowest BCUT2D eigenvalue weighted by atomic mass is 10.3. The molecule has 0 aromatic heterocycles. The Bertz CT molecular complexity index is 546. The first-order valence-corrected chi connectivity index (χ1v) is 12.0. The molecule has 2 rings (SSSR count). The molecule has 0 fully saturated rings. The molecule has 0 amide bonds. The van der Waals surface area contributed by atoms with Crippen molar-refractivity contribution in [2.75, 3.05) is 42.3 Å². The van der Waals surface area contributed by atoms with E-state index in [1.807, 2.05) is 0 Å². The van der Waals surface area contributed by atoms with Gasteiger partial charge in [0.15, 0.2) is 0 Å². The summed E-state index contributed by atoms with van der Waals surface area (Å²) in [5, 5.41) is 7.13. The van der Waals surface area contributed by atoms with Gasteiger partial charge in [-0.3, -0.25) is 0 Å². The van der Waals surface area contributed by atoms with Crippen molar-refractivity contribution in [2.45, 2.75) is 19.6 Å². The van der Waals surface area contributed by atoms with Crippen molar-refractivity contribution in [3.8, 4) is 0 Å². The fourth-order valence-electron chi connectivity index (χ4n) is 2.27. The standard InChI is InChI=1S/C17H22N2S4/c1-20-12-7-5-8-13(21-2)16(12)18-11-19-17-14(22-3)9-6-10-15(17)23-4/h5-10,18-19H,11H2,1-4H3. The zero-order valence-electron chi connectivity index (χ0n) is 13.8. The third kappa shape index (κ3) is 4.72. The van der Waals surface area contributed by atoms with Crippen LogP contribution in [0.3, 0.4) is 0 Å². The van der Waals surface area contributed by atoms with Crippen molar-refractivity contribution >= 4 is 58.4 Å². The average molecular weight is 383 g/mol. The molecule has 2 aromatic rings. The Morgan fingerprint density at radius 2 is 0.913 bits per heavy atom. The van der Waals surface area contributed by atoms with Gasteiger partial charge in [0, 0.05) is 19.6 Å². The highest BCUT2D eigenvalue weighted by atomic mass is 32.2. The van der Waals surface area contributed by atoms with Crippen LogP contribution in [0.15, 0.2) is 56.0 Å². The van der Waals surface area contributed by atoms with E-state index in [0.717, 1.165) is 0 Å². The maximum atomic E-state index is 3.56. The number of hydrogen-bond acceptors (Lipinski definition) is 6. The summed E-state index contributed by atoms with van der Waals surface area (Å²) in [6.45, 7) is 0.705. The van der Waals surface area contributed by atoms with Gasteiger partial charge in [-0.15, -0.1) is 47.0 Å². The van der Waals surface area contributed by atoms with E-state index in [0.29, 0.717) is 6.67 Å². The number of hydrogen-bond donors (Lipinski definition) is 2. The molecule has 2 N–H and O–H groups in total. The summed E-state index contributed by atoms with van der Waals surface area (Å²) in [6.07, 6.45) is 8.47. The molecule has 2 aromatic carbocycles. The van der Waals surface area contributed by atoms with Crippen molar-refractivity contribution in [2.24, 2.45) is 0 Å². The number of nitrogens with one attached hydrogen (secondary N) is 2. The van der Waals surface area contributed by atoms with Crippen molar-refractivity contribution in [1.82, 2.24) is 0 Å². The lowest BCUT2D eigenvalue weighted by molar-refractivity contribution is 1.13. The molecule has 0 saturated carbocycles. The van der Waals surface area contributed by atoms with Gasteiger partial charge in [0.1, 0.15) is 0 Å². The first kappa shape index (κ1) is 18.8. The molecule has 0 aliphatic carbocycles. The quantitative estimate of drug-likeness (QED) is 0.425. The van der Waals surface area contributed by atoms with Gasteiger partial charge in [-0.05, 0) is 49.3 Å². The van der Waals surface area contributed by atoms with E-state index in [1.165, 1.54) is 31.0 Å². The molecular weight excluding hydrogens is 360 g/mol. The molecule has 0 atom stereocenters. The molecule has 124 valence electrons. The zero-order chi connectivity index (χ0) is 16.7. The number of anilines is 2. The maximum Gasteiger partial charge on any atom is 0.0850 e. The topological polar surface area (TPSA) is 24.1 Å². The molecule has 2 nitrogen and oxygen atoms in total. The summed E-state index contributed by atoms with van der Waals surface area (Å²) in [7, 11) is 0. The molecule has 0 aliphatic heterocycles. The van der Waals surface area contributed by atoms with Crippen molar-refractivity contribution in [3.63, 3.8) is 0 Å². The normalized spacial score (nSPS) is 10.6. The van der Waals surface area contributed by atoms with E-state index in [-0.39, 0.29) is 0 Å². The van der Waals surface area contributed by atoms with Crippen LogP contribution in [0.4, 0.5) is 11.4 Å². The fraction of sp³-hybridized carbons (Fsp3) is 0.294. The van der Waals surface area contributed by atoms with Crippen LogP contribution < -0.4 is 10.6 Å². The van der Waals surface area contributed by atoms with E-state index in [2.05, 4.69) is 72.1 Å². The Morgan fingerprint density at radius 1 is 0.609 bits per heavy atom. The van der Waals surface area contributed by atoms with Crippen molar-refractivity contribution in [3.05, 3.63) is 36.4 Å². The minimum absolute atomic E-state index is 0.705. The SMILES string of the molecule is CSc1cccc(SC)c1NCNc1c(SC)cccc1SC. The molecule has 0 aliphatic rings. The molecule has 0 heterocycles. The predicted octanol–water partition coefficient (Wildman–Crippen LogP) is 6.06. The lowest BCUT2D eigenvalue weighted by Crippen LogP contribution is -2.14. The predicted molar refractivity (Wildman–Crippen MR) is 112 cm³/mol. The number of thioether (sulfide) groups is 4. The van der Waals surface area contributed by atoms with Crippen LogP contribution in [-0.2, 0) is 0 Å². The van der Waals surface area contributed by atoms with E-state index in [4.69, 9.17) is 0 Å². The second kappa shape index (κ2) is 9.67. The number of para-hydroxylation sites is 2. The van der Waals surface area contributed by atoms with Crippen LogP contribution >= 0.6 is 47.0 Å². The van der Waals surface area contributed by atoms with Crippen LogP contribution in [0.1, 0.15) is 0 Å². The van der Waals surface area contributed by atoms with Gasteiger partial charge in [-0.25, -0.2) is 0 Å². The second-order valence-electron chi connectivity index (χ2n) is 4.61. The van der Waals surface area contributed by atoms with Gasteiger partial charge in [-0.2, -0.15) is 0 Å². The van der Waals surface area contributed by atoms with Crippen LogP contribution in [0.2, 0.25) is 0 Å². The van der Waals surface area contributed by atoms with E-state index in [9.17, 15) is 0 Å². The number of benzene rings is 2. The van der Waals surface area contributed by atoms with E-state index < -0.39 is 0 Å². The molecule has 6 heteroatoms. The Kier molecular flexibility index (Phi) is 7.89. The van der Waals surface area contributed by atoms with Gasteiger partial charge in [-0.1, -0.05) is 12.1 Å².